The van der Waals surface area contributed by atoms with Gasteiger partial charge in [0.15, 0.2) is 0 Å². The lowest BCUT2D eigenvalue weighted by Gasteiger charge is -2.31. The predicted octanol–water partition coefficient (Wildman–Crippen LogP) is 3.25. The lowest BCUT2D eigenvalue weighted by Crippen LogP contribution is -2.45. The van der Waals surface area contributed by atoms with Gasteiger partial charge in [-0.25, -0.2) is 12.7 Å². The van der Waals surface area contributed by atoms with Gasteiger partial charge in [0.1, 0.15) is 0 Å². The minimum Gasteiger partial charge on any atom is -0.352 e. The number of nitrogens with zero attached hydrogens (tertiary/aromatic N) is 2. The zero-order valence-electron chi connectivity index (χ0n) is 15.1. The van der Waals surface area contributed by atoms with Crippen LogP contribution in [0, 0.1) is 5.92 Å². The number of carbonyl (C=O) groups is 1. The molecule has 1 N–H and O–H groups in total. The summed E-state index contributed by atoms with van der Waals surface area (Å²) in [5.74, 6) is -0.721. The molecule has 1 aromatic carbocycles. The molecule has 150 valence electrons. The maximum atomic E-state index is 12.8. The molecule has 0 bridgehead atoms. The van der Waals surface area contributed by atoms with Crippen LogP contribution in [0.4, 0.5) is 0 Å². The Hall–Kier alpha value is -1.67. The molecule has 28 heavy (non-hydrogen) atoms. The van der Waals surface area contributed by atoms with Crippen molar-refractivity contribution >= 4 is 39.1 Å². The number of halogens is 2. The third kappa shape index (κ3) is 5.44. The van der Waals surface area contributed by atoms with Gasteiger partial charge in [0.2, 0.25) is 15.9 Å². The van der Waals surface area contributed by atoms with Gasteiger partial charge in [0.25, 0.3) is 0 Å². The first-order chi connectivity index (χ1) is 13.3. The monoisotopic (exact) mass is 441 g/mol. The van der Waals surface area contributed by atoms with Gasteiger partial charge in [0, 0.05) is 42.1 Å². The summed E-state index contributed by atoms with van der Waals surface area (Å²) < 4.78 is 27.1. The van der Waals surface area contributed by atoms with Gasteiger partial charge >= 0.3 is 0 Å². The Morgan fingerprint density at radius 1 is 1.21 bits per heavy atom. The van der Waals surface area contributed by atoms with Crippen LogP contribution in [0.5, 0.6) is 0 Å². The number of sulfonamides is 1. The number of nitrogens with one attached hydrogen (secondary N) is 1. The average molecular weight is 442 g/mol. The number of rotatable bonds is 6. The summed E-state index contributed by atoms with van der Waals surface area (Å²) in [6.45, 7) is 0.975. The van der Waals surface area contributed by atoms with Gasteiger partial charge in [-0.05, 0) is 48.2 Å². The SMILES string of the molecule is O=C(NCc1ccncc1)[C@@H]1CCCN(S(=O)(=O)Cc2ccc(Cl)cc2Cl)C1. The molecule has 2 heterocycles. The molecule has 1 aromatic heterocycles. The Morgan fingerprint density at radius 2 is 1.96 bits per heavy atom. The third-order valence-corrected chi connectivity index (χ3v) is 7.10. The van der Waals surface area contributed by atoms with Gasteiger partial charge < -0.3 is 5.32 Å². The minimum atomic E-state index is -3.59. The van der Waals surface area contributed by atoms with Gasteiger partial charge in [-0.3, -0.25) is 9.78 Å². The lowest BCUT2D eigenvalue weighted by atomic mass is 9.99. The van der Waals surface area contributed by atoms with Crippen molar-refractivity contribution in [2.24, 2.45) is 5.92 Å². The summed E-state index contributed by atoms with van der Waals surface area (Å²) in [6.07, 6.45) is 4.63. The maximum absolute atomic E-state index is 12.8. The van der Waals surface area contributed by atoms with Crippen LogP contribution in [0.2, 0.25) is 10.0 Å². The number of pyridine rings is 1. The fraction of sp³-hybridized carbons (Fsp3) is 0.368. The highest BCUT2D eigenvalue weighted by Gasteiger charge is 2.32. The van der Waals surface area contributed by atoms with E-state index in [9.17, 15) is 13.2 Å². The molecule has 3 rings (SSSR count). The van der Waals surface area contributed by atoms with E-state index in [1.165, 1.54) is 10.4 Å². The molecule has 1 saturated heterocycles. The number of hydrogen-bond donors (Lipinski definition) is 1. The van der Waals surface area contributed by atoms with Crippen LogP contribution < -0.4 is 5.32 Å². The molecule has 6 nitrogen and oxygen atoms in total. The largest absolute Gasteiger partial charge is 0.352 e. The summed E-state index contributed by atoms with van der Waals surface area (Å²) in [4.78, 5) is 16.5. The van der Waals surface area contributed by atoms with E-state index >= 15 is 0 Å². The third-order valence-electron chi connectivity index (χ3n) is 4.72. The Labute approximate surface area is 174 Å². The van der Waals surface area contributed by atoms with E-state index in [0.29, 0.717) is 41.5 Å². The van der Waals surface area contributed by atoms with Crippen LogP contribution >= 0.6 is 23.2 Å². The molecule has 0 aliphatic carbocycles. The number of hydrogen-bond acceptors (Lipinski definition) is 4. The summed E-state index contributed by atoms with van der Waals surface area (Å²) in [6, 6.07) is 8.41. The highest BCUT2D eigenvalue weighted by Crippen LogP contribution is 2.26. The normalized spacial score (nSPS) is 18.0. The number of benzene rings is 1. The molecule has 1 aliphatic rings. The van der Waals surface area contributed by atoms with E-state index in [2.05, 4.69) is 10.3 Å². The van der Waals surface area contributed by atoms with Crippen molar-refractivity contribution in [1.29, 1.82) is 0 Å². The number of piperidine rings is 1. The van der Waals surface area contributed by atoms with E-state index in [-0.39, 0.29) is 24.1 Å². The first-order valence-electron chi connectivity index (χ1n) is 8.93. The molecule has 0 radical (unpaired) electrons. The number of aromatic nitrogens is 1. The van der Waals surface area contributed by atoms with E-state index in [1.54, 1.807) is 24.5 Å². The van der Waals surface area contributed by atoms with Crippen molar-refractivity contribution in [3.8, 4) is 0 Å². The van der Waals surface area contributed by atoms with Gasteiger partial charge in [-0.1, -0.05) is 29.3 Å². The van der Waals surface area contributed by atoms with Crippen molar-refractivity contribution < 1.29 is 13.2 Å². The molecular weight excluding hydrogens is 421 g/mol. The molecular formula is C19H21Cl2N3O3S. The molecule has 2 aromatic rings. The van der Waals surface area contributed by atoms with Crippen LogP contribution in [0.1, 0.15) is 24.0 Å². The summed E-state index contributed by atoms with van der Waals surface area (Å²) in [5, 5.41) is 3.65. The molecule has 9 heteroatoms. The molecule has 1 fully saturated rings. The van der Waals surface area contributed by atoms with Crippen LogP contribution in [-0.2, 0) is 27.1 Å². The average Bonchev–Trinajstić information content (AvgIpc) is 2.69. The fourth-order valence-electron chi connectivity index (χ4n) is 3.17. The Kier molecular flexibility index (Phi) is 6.93. The van der Waals surface area contributed by atoms with E-state index < -0.39 is 10.0 Å². The van der Waals surface area contributed by atoms with Crippen molar-refractivity contribution in [1.82, 2.24) is 14.6 Å². The van der Waals surface area contributed by atoms with Crippen molar-refractivity contribution in [2.75, 3.05) is 13.1 Å². The Balaban J connectivity index is 1.62. The van der Waals surface area contributed by atoms with Crippen LogP contribution in [0.15, 0.2) is 42.7 Å². The van der Waals surface area contributed by atoms with Crippen molar-refractivity contribution in [3.05, 3.63) is 63.9 Å². The smallest absolute Gasteiger partial charge is 0.224 e. The first kappa shape index (κ1) is 21.0. The van der Waals surface area contributed by atoms with E-state index in [1.807, 2.05) is 12.1 Å². The highest BCUT2D eigenvalue weighted by molar-refractivity contribution is 7.88. The van der Waals surface area contributed by atoms with Gasteiger partial charge in [-0.15, -0.1) is 0 Å². The lowest BCUT2D eigenvalue weighted by molar-refractivity contribution is -0.126. The Bertz CT molecular complexity index is 939. The summed E-state index contributed by atoms with van der Waals surface area (Å²) in [5.41, 5.74) is 1.44. The number of amides is 1. The van der Waals surface area contributed by atoms with E-state index in [0.717, 1.165) is 5.56 Å². The van der Waals surface area contributed by atoms with Gasteiger partial charge in [-0.2, -0.15) is 0 Å². The number of carbonyl (C=O) groups excluding carboxylic acids is 1. The van der Waals surface area contributed by atoms with E-state index in [4.69, 9.17) is 23.2 Å². The molecule has 1 atom stereocenters. The standard InChI is InChI=1S/C19H21Cl2N3O3S/c20-17-4-3-16(18(21)10-17)13-28(26,27)24-9-1-2-15(12-24)19(25)23-11-14-5-7-22-8-6-14/h3-8,10,15H,1-2,9,11-13H2,(H,23,25)/t15-/m1/s1. The zero-order valence-corrected chi connectivity index (χ0v) is 17.5. The quantitative estimate of drug-likeness (QED) is 0.745. The van der Waals surface area contributed by atoms with Gasteiger partial charge in [0.05, 0.1) is 11.7 Å². The van der Waals surface area contributed by atoms with Crippen molar-refractivity contribution in [2.45, 2.75) is 25.1 Å². The summed E-state index contributed by atoms with van der Waals surface area (Å²) in [7, 11) is -3.59. The zero-order chi connectivity index (χ0) is 20.1. The van der Waals surface area contributed by atoms with Crippen LogP contribution in [0.3, 0.4) is 0 Å². The second kappa shape index (κ2) is 9.22. The molecule has 0 spiro atoms. The van der Waals surface area contributed by atoms with Crippen molar-refractivity contribution in [3.63, 3.8) is 0 Å². The predicted molar refractivity (Wildman–Crippen MR) is 109 cm³/mol. The molecule has 0 unspecified atom stereocenters. The van der Waals surface area contributed by atoms with Crippen LogP contribution in [-0.4, -0.2) is 36.7 Å². The second-order valence-electron chi connectivity index (χ2n) is 6.76. The highest BCUT2D eigenvalue weighted by atomic mass is 35.5. The molecule has 1 amide bonds. The maximum Gasteiger partial charge on any atom is 0.224 e. The van der Waals surface area contributed by atoms with Crippen LogP contribution in [0.25, 0.3) is 0 Å². The topological polar surface area (TPSA) is 79.4 Å². The fourth-order valence-corrected chi connectivity index (χ4v) is 5.37. The molecule has 1 aliphatic heterocycles. The Morgan fingerprint density at radius 3 is 2.68 bits per heavy atom. The summed E-state index contributed by atoms with van der Waals surface area (Å²) >= 11 is 12.0. The second-order valence-corrected chi connectivity index (χ2v) is 9.57. The molecule has 0 saturated carbocycles. The minimum absolute atomic E-state index is 0.138. The first-order valence-corrected chi connectivity index (χ1v) is 11.3.